The molecule has 0 amide bonds. The van der Waals surface area contributed by atoms with Gasteiger partial charge < -0.3 is 19.5 Å². The van der Waals surface area contributed by atoms with Gasteiger partial charge in [0.1, 0.15) is 18.2 Å². The number of benzene rings is 3. The first kappa shape index (κ1) is 23.1. The Morgan fingerprint density at radius 2 is 1.74 bits per heavy atom. The van der Waals surface area contributed by atoms with Crippen molar-refractivity contribution in [3.8, 4) is 17.2 Å². The SMILES string of the molecule is CCOc1cc(CNCCc2ccc(OC)cc2)cc(Br)c1OCc1ccccc1F. The lowest BCUT2D eigenvalue weighted by Gasteiger charge is -2.16. The Labute approximate surface area is 191 Å². The largest absolute Gasteiger partial charge is 0.497 e. The van der Waals surface area contributed by atoms with Gasteiger partial charge in [-0.25, -0.2) is 4.39 Å². The molecule has 0 heterocycles. The number of methoxy groups -OCH3 is 1. The summed E-state index contributed by atoms with van der Waals surface area (Å²) in [6, 6.07) is 18.7. The molecule has 6 heteroatoms. The average molecular weight is 488 g/mol. The Hall–Kier alpha value is -2.57. The molecule has 0 radical (unpaired) electrons. The van der Waals surface area contributed by atoms with Crippen molar-refractivity contribution in [3.63, 3.8) is 0 Å². The summed E-state index contributed by atoms with van der Waals surface area (Å²) in [6.45, 7) is 4.11. The smallest absolute Gasteiger partial charge is 0.175 e. The summed E-state index contributed by atoms with van der Waals surface area (Å²) in [6.07, 6.45) is 0.924. The number of halogens is 2. The molecule has 0 saturated carbocycles. The van der Waals surface area contributed by atoms with Crippen LogP contribution < -0.4 is 19.5 Å². The Bertz CT molecular complexity index is 979. The number of nitrogens with one attached hydrogen (secondary N) is 1. The molecule has 0 unspecified atom stereocenters. The van der Waals surface area contributed by atoms with E-state index in [2.05, 4.69) is 33.4 Å². The van der Waals surface area contributed by atoms with Crippen LogP contribution in [0.2, 0.25) is 0 Å². The highest BCUT2D eigenvalue weighted by Crippen LogP contribution is 2.37. The standard InChI is InChI=1S/C25H27BrFNO3/c1-3-30-24-15-19(16-28-13-12-18-8-10-21(29-2)11-9-18)14-22(26)25(24)31-17-20-6-4-5-7-23(20)27/h4-11,14-15,28H,3,12-13,16-17H2,1-2H3. The van der Waals surface area contributed by atoms with Crippen LogP contribution in [0.15, 0.2) is 65.1 Å². The van der Waals surface area contributed by atoms with E-state index in [1.807, 2.05) is 31.2 Å². The van der Waals surface area contributed by atoms with Gasteiger partial charge >= 0.3 is 0 Å². The van der Waals surface area contributed by atoms with Crippen molar-refractivity contribution in [2.24, 2.45) is 0 Å². The van der Waals surface area contributed by atoms with E-state index < -0.39 is 0 Å². The van der Waals surface area contributed by atoms with Crippen LogP contribution in [0.25, 0.3) is 0 Å². The Morgan fingerprint density at radius 3 is 2.45 bits per heavy atom. The Kier molecular flexibility index (Phi) is 8.74. The first-order chi connectivity index (χ1) is 15.1. The minimum atomic E-state index is -0.283. The molecule has 31 heavy (non-hydrogen) atoms. The molecule has 0 fully saturated rings. The second kappa shape index (κ2) is 11.7. The number of hydrogen-bond donors (Lipinski definition) is 1. The first-order valence-corrected chi connectivity index (χ1v) is 11.0. The summed E-state index contributed by atoms with van der Waals surface area (Å²) >= 11 is 3.58. The molecule has 0 atom stereocenters. The van der Waals surface area contributed by atoms with E-state index in [0.717, 1.165) is 28.8 Å². The molecule has 0 aliphatic heterocycles. The van der Waals surface area contributed by atoms with E-state index in [4.69, 9.17) is 14.2 Å². The van der Waals surface area contributed by atoms with Crippen LogP contribution in [-0.2, 0) is 19.6 Å². The van der Waals surface area contributed by atoms with Crippen molar-refractivity contribution in [1.82, 2.24) is 5.32 Å². The van der Waals surface area contributed by atoms with Gasteiger partial charge in [-0.15, -0.1) is 0 Å². The monoisotopic (exact) mass is 487 g/mol. The fourth-order valence-corrected chi connectivity index (χ4v) is 3.75. The number of rotatable bonds is 11. The highest BCUT2D eigenvalue weighted by Gasteiger charge is 2.13. The minimum absolute atomic E-state index is 0.130. The van der Waals surface area contributed by atoms with Crippen LogP contribution in [0.5, 0.6) is 17.2 Å². The molecule has 3 aromatic carbocycles. The van der Waals surface area contributed by atoms with Crippen molar-refractivity contribution in [3.05, 3.63) is 87.6 Å². The molecule has 0 aliphatic rings. The summed E-state index contributed by atoms with van der Waals surface area (Å²) in [7, 11) is 1.67. The van der Waals surface area contributed by atoms with Gasteiger partial charge in [0.05, 0.1) is 18.2 Å². The zero-order valence-electron chi connectivity index (χ0n) is 17.8. The van der Waals surface area contributed by atoms with Crippen LogP contribution in [-0.4, -0.2) is 20.3 Å². The molecule has 0 spiro atoms. The summed E-state index contributed by atoms with van der Waals surface area (Å²) in [5, 5.41) is 3.46. The highest BCUT2D eigenvalue weighted by atomic mass is 79.9. The van der Waals surface area contributed by atoms with E-state index in [1.54, 1.807) is 25.3 Å². The van der Waals surface area contributed by atoms with Crippen LogP contribution >= 0.6 is 15.9 Å². The molecule has 3 aromatic rings. The lowest BCUT2D eigenvalue weighted by atomic mass is 10.1. The summed E-state index contributed by atoms with van der Waals surface area (Å²) in [4.78, 5) is 0. The van der Waals surface area contributed by atoms with Crippen LogP contribution in [0.3, 0.4) is 0 Å². The van der Waals surface area contributed by atoms with Gasteiger partial charge in [-0.2, -0.15) is 0 Å². The van der Waals surface area contributed by atoms with Gasteiger partial charge in [-0.05, 0) is 77.3 Å². The van der Waals surface area contributed by atoms with E-state index in [-0.39, 0.29) is 12.4 Å². The molecule has 0 aromatic heterocycles. The summed E-state index contributed by atoms with van der Waals surface area (Å²) in [5.41, 5.74) is 2.82. The molecule has 0 aliphatic carbocycles. The fraction of sp³-hybridized carbons (Fsp3) is 0.280. The fourth-order valence-electron chi connectivity index (χ4n) is 3.15. The molecule has 3 rings (SSSR count). The van der Waals surface area contributed by atoms with Gasteiger partial charge in [0.2, 0.25) is 0 Å². The van der Waals surface area contributed by atoms with E-state index in [0.29, 0.717) is 30.2 Å². The maximum absolute atomic E-state index is 13.9. The third-order valence-corrected chi connectivity index (χ3v) is 5.37. The molecule has 0 bridgehead atoms. The average Bonchev–Trinajstić information content (AvgIpc) is 2.78. The van der Waals surface area contributed by atoms with Crippen LogP contribution in [0.1, 0.15) is 23.6 Å². The molecule has 0 saturated heterocycles. The minimum Gasteiger partial charge on any atom is -0.497 e. The number of ether oxygens (including phenoxy) is 3. The summed E-state index contributed by atoms with van der Waals surface area (Å²) < 4.78 is 31.6. The summed E-state index contributed by atoms with van der Waals surface area (Å²) in [5.74, 6) is 1.80. The third-order valence-electron chi connectivity index (χ3n) is 4.78. The highest BCUT2D eigenvalue weighted by molar-refractivity contribution is 9.10. The lowest BCUT2D eigenvalue weighted by Crippen LogP contribution is -2.17. The topological polar surface area (TPSA) is 39.7 Å². The van der Waals surface area contributed by atoms with E-state index >= 15 is 0 Å². The van der Waals surface area contributed by atoms with Crippen molar-refractivity contribution >= 4 is 15.9 Å². The third kappa shape index (κ3) is 6.71. The van der Waals surface area contributed by atoms with Crippen molar-refractivity contribution in [1.29, 1.82) is 0 Å². The molecular weight excluding hydrogens is 461 g/mol. The molecule has 1 N–H and O–H groups in total. The molecule has 164 valence electrons. The number of hydrogen-bond acceptors (Lipinski definition) is 4. The van der Waals surface area contributed by atoms with Gasteiger partial charge in [0, 0.05) is 12.1 Å². The van der Waals surface area contributed by atoms with Gasteiger partial charge in [-0.1, -0.05) is 30.3 Å². The normalized spacial score (nSPS) is 10.7. The van der Waals surface area contributed by atoms with Gasteiger partial charge in [0.25, 0.3) is 0 Å². The van der Waals surface area contributed by atoms with Crippen molar-refractivity contribution in [2.75, 3.05) is 20.3 Å². The zero-order valence-corrected chi connectivity index (χ0v) is 19.4. The van der Waals surface area contributed by atoms with Crippen molar-refractivity contribution < 1.29 is 18.6 Å². The predicted octanol–water partition coefficient (Wildman–Crippen LogP) is 5.91. The lowest BCUT2D eigenvalue weighted by molar-refractivity contribution is 0.264. The van der Waals surface area contributed by atoms with E-state index in [1.165, 1.54) is 11.6 Å². The van der Waals surface area contributed by atoms with Gasteiger partial charge in [0.15, 0.2) is 11.5 Å². The molecular formula is C25H27BrFNO3. The maximum Gasteiger partial charge on any atom is 0.175 e. The van der Waals surface area contributed by atoms with Crippen molar-refractivity contribution in [2.45, 2.75) is 26.5 Å². The zero-order chi connectivity index (χ0) is 22.1. The van der Waals surface area contributed by atoms with Crippen LogP contribution in [0.4, 0.5) is 4.39 Å². The first-order valence-electron chi connectivity index (χ1n) is 10.3. The Morgan fingerprint density at radius 1 is 0.968 bits per heavy atom. The van der Waals surface area contributed by atoms with Crippen LogP contribution in [0, 0.1) is 5.82 Å². The van der Waals surface area contributed by atoms with Gasteiger partial charge in [-0.3, -0.25) is 0 Å². The second-order valence-electron chi connectivity index (χ2n) is 6.99. The molecule has 4 nitrogen and oxygen atoms in total. The second-order valence-corrected chi connectivity index (χ2v) is 7.85. The maximum atomic E-state index is 13.9. The predicted molar refractivity (Wildman–Crippen MR) is 124 cm³/mol. The Balaban J connectivity index is 1.60. The quantitative estimate of drug-likeness (QED) is 0.341. The van der Waals surface area contributed by atoms with E-state index in [9.17, 15) is 4.39 Å².